The monoisotopic (exact) mass is 252 g/mol. The van der Waals surface area contributed by atoms with E-state index < -0.39 is 0 Å². The number of hydrogen-bond donors (Lipinski definition) is 2. The molecule has 0 saturated heterocycles. The van der Waals surface area contributed by atoms with Crippen LogP contribution in [0.1, 0.15) is 25.5 Å². The van der Waals surface area contributed by atoms with E-state index in [1.165, 1.54) is 0 Å². The maximum atomic E-state index is 5.85. The summed E-state index contributed by atoms with van der Waals surface area (Å²) in [7, 11) is 5.22. The van der Waals surface area contributed by atoms with Crippen LogP contribution in [0.3, 0.4) is 0 Å². The summed E-state index contributed by atoms with van der Waals surface area (Å²) in [4.78, 5) is 0. The lowest BCUT2D eigenvalue weighted by Crippen LogP contribution is -2.37. The highest BCUT2D eigenvalue weighted by Gasteiger charge is 2.28. The van der Waals surface area contributed by atoms with Crippen molar-refractivity contribution in [1.29, 1.82) is 0 Å². The molecule has 0 aliphatic heterocycles. The minimum absolute atomic E-state index is 0.0334. The van der Waals surface area contributed by atoms with Crippen LogP contribution in [-0.2, 0) is 0 Å². The predicted molar refractivity (Wildman–Crippen MR) is 74.2 cm³/mol. The second-order valence-electron chi connectivity index (χ2n) is 5.03. The van der Waals surface area contributed by atoms with Gasteiger partial charge in [-0.3, -0.25) is 0 Å². The van der Waals surface area contributed by atoms with Crippen molar-refractivity contribution in [2.45, 2.75) is 19.9 Å². The van der Waals surface area contributed by atoms with Crippen molar-refractivity contribution in [2.75, 3.05) is 27.8 Å². The molecular formula is C14H24N2O2. The number of nitrogens with two attached hydrogens (primary N) is 1. The summed E-state index contributed by atoms with van der Waals surface area (Å²) in [6, 6.07) is 6.13. The van der Waals surface area contributed by atoms with Crippen LogP contribution in [0.2, 0.25) is 0 Å². The van der Waals surface area contributed by atoms with Crippen LogP contribution in [0.5, 0.6) is 11.5 Å². The van der Waals surface area contributed by atoms with Crippen molar-refractivity contribution in [1.82, 2.24) is 5.32 Å². The molecule has 0 bridgehead atoms. The molecule has 0 heterocycles. The summed E-state index contributed by atoms with van der Waals surface area (Å²) in [6.07, 6.45) is 0. The average molecular weight is 252 g/mol. The molecule has 1 rings (SSSR count). The Hall–Kier alpha value is -1.26. The van der Waals surface area contributed by atoms with E-state index in [9.17, 15) is 0 Å². The SMILES string of the molecule is CNC(c1ccc(OC)c(OC)c1)C(C)(C)CN. The minimum Gasteiger partial charge on any atom is -0.493 e. The summed E-state index contributed by atoms with van der Waals surface area (Å²) in [5, 5.41) is 3.32. The highest BCUT2D eigenvalue weighted by molar-refractivity contribution is 5.44. The van der Waals surface area contributed by atoms with E-state index in [0.29, 0.717) is 6.54 Å². The summed E-state index contributed by atoms with van der Waals surface area (Å²) in [5.74, 6) is 1.48. The van der Waals surface area contributed by atoms with Gasteiger partial charge in [0.05, 0.1) is 14.2 Å². The van der Waals surface area contributed by atoms with E-state index >= 15 is 0 Å². The van der Waals surface area contributed by atoms with Gasteiger partial charge >= 0.3 is 0 Å². The zero-order valence-electron chi connectivity index (χ0n) is 11.9. The molecule has 0 fully saturated rings. The lowest BCUT2D eigenvalue weighted by molar-refractivity contribution is 0.264. The zero-order chi connectivity index (χ0) is 13.8. The summed E-state index contributed by atoms with van der Waals surface area (Å²) in [5.41, 5.74) is 6.96. The van der Waals surface area contributed by atoms with Crippen LogP contribution in [0.25, 0.3) is 0 Å². The molecule has 1 atom stereocenters. The molecule has 0 aliphatic carbocycles. The van der Waals surface area contributed by atoms with Crippen LogP contribution in [0.15, 0.2) is 18.2 Å². The van der Waals surface area contributed by atoms with Crippen molar-refractivity contribution >= 4 is 0 Å². The first-order valence-electron chi connectivity index (χ1n) is 6.09. The van der Waals surface area contributed by atoms with Gasteiger partial charge in [-0.15, -0.1) is 0 Å². The Bertz CT molecular complexity index is 391. The Balaban J connectivity index is 3.15. The maximum absolute atomic E-state index is 5.85. The number of benzene rings is 1. The first kappa shape index (κ1) is 14.8. The topological polar surface area (TPSA) is 56.5 Å². The molecule has 3 N–H and O–H groups in total. The molecule has 102 valence electrons. The average Bonchev–Trinajstić information content (AvgIpc) is 2.39. The molecule has 0 aliphatic rings. The number of methoxy groups -OCH3 is 2. The molecule has 0 aromatic heterocycles. The molecule has 1 unspecified atom stereocenters. The van der Waals surface area contributed by atoms with Crippen LogP contribution in [-0.4, -0.2) is 27.8 Å². The van der Waals surface area contributed by atoms with Crippen molar-refractivity contribution < 1.29 is 9.47 Å². The predicted octanol–water partition coefficient (Wildman–Crippen LogP) is 1.95. The summed E-state index contributed by atoms with van der Waals surface area (Å²) < 4.78 is 10.6. The zero-order valence-corrected chi connectivity index (χ0v) is 11.9. The van der Waals surface area contributed by atoms with Crippen LogP contribution < -0.4 is 20.5 Å². The normalized spacial score (nSPS) is 13.2. The second kappa shape index (κ2) is 6.07. The molecule has 0 saturated carbocycles. The molecule has 0 radical (unpaired) electrons. The third-order valence-electron chi connectivity index (χ3n) is 3.34. The Morgan fingerprint density at radius 1 is 1.22 bits per heavy atom. The van der Waals surface area contributed by atoms with Gasteiger partial charge in [0.25, 0.3) is 0 Å². The second-order valence-corrected chi connectivity index (χ2v) is 5.03. The van der Waals surface area contributed by atoms with Gasteiger partial charge in [0.2, 0.25) is 0 Å². The van der Waals surface area contributed by atoms with Gasteiger partial charge < -0.3 is 20.5 Å². The molecule has 0 spiro atoms. The Labute approximate surface area is 109 Å². The van der Waals surface area contributed by atoms with E-state index in [2.05, 4.69) is 19.2 Å². The van der Waals surface area contributed by atoms with E-state index in [4.69, 9.17) is 15.2 Å². The molecule has 0 amide bonds. The molecule has 1 aromatic carbocycles. The molecule has 1 aromatic rings. The van der Waals surface area contributed by atoms with E-state index in [-0.39, 0.29) is 11.5 Å². The van der Waals surface area contributed by atoms with Crippen molar-refractivity contribution in [2.24, 2.45) is 11.1 Å². The Morgan fingerprint density at radius 2 is 1.83 bits per heavy atom. The largest absolute Gasteiger partial charge is 0.493 e. The van der Waals surface area contributed by atoms with Gasteiger partial charge in [-0.05, 0) is 36.7 Å². The molecule has 4 heteroatoms. The van der Waals surface area contributed by atoms with Gasteiger partial charge in [0.1, 0.15) is 0 Å². The standard InChI is InChI=1S/C14H24N2O2/c1-14(2,9-15)13(16-3)10-6-7-11(17-4)12(8-10)18-5/h6-8,13,16H,9,15H2,1-5H3. The van der Waals surface area contributed by atoms with Gasteiger partial charge in [-0.2, -0.15) is 0 Å². The van der Waals surface area contributed by atoms with E-state index in [1.807, 2.05) is 25.2 Å². The highest BCUT2D eigenvalue weighted by atomic mass is 16.5. The van der Waals surface area contributed by atoms with Crippen molar-refractivity contribution in [3.8, 4) is 11.5 Å². The minimum atomic E-state index is -0.0334. The highest BCUT2D eigenvalue weighted by Crippen LogP contribution is 2.36. The first-order chi connectivity index (χ1) is 8.50. The lowest BCUT2D eigenvalue weighted by Gasteiger charge is -2.33. The molecular weight excluding hydrogens is 228 g/mol. The fourth-order valence-electron chi connectivity index (χ4n) is 2.16. The molecule has 4 nitrogen and oxygen atoms in total. The van der Waals surface area contributed by atoms with E-state index in [0.717, 1.165) is 17.1 Å². The van der Waals surface area contributed by atoms with E-state index in [1.54, 1.807) is 14.2 Å². The Morgan fingerprint density at radius 3 is 2.28 bits per heavy atom. The van der Waals surface area contributed by atoms with Crippen LogP contribution >= 0.6 is 0 Å². The third kappa shape index (κ3) is 2.94. The quantitative estimate of drug-likeness (QED) is 0.812. The smallest absolute Gasteiger partial charge is 0.161 e. The summed E-state index contributed by atoms with van der Waals surface area (Å²) in [6.45, 7) is 4.89. The van der Waals surface area contributed by atoms with Crippen molar-refractivity contribution in [3.05, 3.63) is 23.8 Å². The number of ether oxygens (including phenoxy) is 2. The van der Waals surface area contributed by atoms with Gasteiger partial charge in [-0.1, -0.05) is 19.9 Å². The maximum Gasteiger partial charge on any atom is 0.161 e. The summed E-state index contributed by atoms with van der Waals surface area (Å²) >= 11 is 0. The third-order valence-corrected chi connectivity index (χ3v) is 3.34. The fraction of sp³-hybridized carbons (Fsp3) is 0.571. The van der Waals surface area contributed by atoms with Gasteiger partial charge in [0.15, 0.2) is 11.5 Å². The lowest BCUT2D eigenvalue weighted by atomic mass is 9.80. The van der Waals surface area contributed by atoms with Gasteiger partial charge in [-0.25, -0.2) is 0 Å². The van der Waals surface area contributed by atoms with Crippen molar-refractivity contribution in [3.63, 3.8) is 0 Å². The number of rotatable bonds is 6. The van der Waals surface area contributed by atoms with Gasteiger partial charge in [0, 0.05) is 6.04 Å². The van der Waals surface area contributed by atoms with Crippen LogP contribution in [0.4, 0.5) is 0 Å². The first-order valence-corrected chi connectivity index (χ1v) is 6.09. The molecule has 18 heavy (non-hydrogen) atoms. The number of nitrogens with one attached hydrogen (secondary N) is 1. The van der Waals surface area contributed by atoms with Crippen LogP contribution in [0, 0.1) is 5.41 Å². The number of hydrogen-bond acceptors (Lipinski definition) is 4. The Kier molecular flexibility index (Phi) is 4.99. The fourth-order valence-corrected chi connectivity index (χ4v) is 2.16.